The van der Waals surface area contributed by atoms with Crippen LogP contribution in [0.15, 0.2) is 54.9 Å². The topological polar surface area (TPSA) is 119 Å². The smallest absolute Gasteiger partial charge is 0.340 e. The molecule has 0 unspecified atom stereocenters. The van der Waals surface area contributed by atoms with Crippen molar-refractivity contribution in [2.75, 3.05) is 13.2 Å². The van der Waals surface area contributed by atoms with Gasteiger partial charge in [0.2, 0.25) is 0 Å². The van der Waals surface area contributed by atoms with Gasteiger partial charge in [0.15, 0.2) is 0 Å². The fourth-order valence-corrected chi connectivity index (χ4v) is 4.67. The van der Waals surface area contributed by atoms with Crippen molar-refractivity contribution in [2.24, 2.45) is 5.73 Å². The zero-order valence-electron chi connectivity index (χ0n) is 19.4. The number of esters is 1. The van der Waals surface area contributed by atoms with E-state index in [1.807, 2.05) is 43.5 Å². The number of nitrogens with zero attached hydrogens (tertiary/aromatic N) is 1. The van der Waals surface area contributed by atoms with E-state index < -0.39 is 17.8 Å². The molecule has 3 heterocycles. The second kappa shape index (κ2) is 9.23. The van der Waals surface area contributed by atoms with Crippen LogP contribution in [0.3, 0.4) is 0 Å². The molecule has 4 aromatic rings. The standard InChI is InChI=1S/C27H26N4O4/c1-2-13-35-27(34)18-9-5-8-17-19(14-29-24(17)18)22-23(26(33)30-25(22)32)20-15-31(12-6-11-28)21-10-4-3-7-16(20)21/h3-5,7-10,14-15,29H,2,6,11-13,28H2,1H3,(H,30,32,33). The van der Waals surface area contributed by atoms with Crippen molar-refractivity contribution in [3.63, 3.8) is 0 Å². The number of aromatic nitrogens is 2. The largest absolute Gasteiger partial charge is 0.462 e. The molecule has 0 atom stereocenters. The average Bonchev–Trinajstić information content (AvgIpc) is 3.53. The zero-order chi connectivity index (χ0) is 24.5. The summed E-state index contributed by atoms with van der Waals surface area (Å²) in [5, 5.41) is 4.01. The summed E-state index contributed by atoms with van der Waals surface area (Å²) < 4.78 is 7.38. The maximum absolute atomic E-state index is 13.1. The molecule has 0 saturated heterocycles. The normalized spacial score (nSPS) is 13.8. The highest BCUT2D eigenvalue weighted by atomic mass is 16.5. The Hall–Kier alpha value is -4.17. The maximum Gasteiger partial charge on any atom is 0.340 e. The van der Waals surface area contributed by atoms with Gasteiger partial charge in [0.05, 0.1) is 28.8 Å². The Kier molecular flexibility index (Phi) is 5.96. The van der Waals surface area contributed by atoms with Crippen molar-refractivity contribution < 1.29 is 19.1 Å². The van der Waals surface area contributed by atoms with Crippen LogP contribution in [0, 0.1) is 0 Å². The predicted molar refractivity (Wildman–Crippen MR) is 134 cm³/mol. The second-order valence-corrected chi connectivity index (χ2v) is 8.50. The van der Waals surface area contributed by atoms with Gasteiger partial charge in [-0.3, -0.25) is 14.9 Å². The van der Waals surface area contributed by atoms with Crippen LogP contribution < -0.4 is 11.1 Å². The number of aryl methyl sites for hydroxylation is 1. The van der Waals surface area contributed by atoms with Gasteiger partial charge < -0.3 is 20.0 Å². The number of carbonyl (C=O) groups is 3. The van der Waals surface area contributed by atoms with E-state index >= 15 is 0 Å². The molecule has 2 aromatic carbocycles. The molecule has 2 aromatic heterocycles. The molecule has 5 rings (SSSR count). The van der Waals surface area contributed by atoms with Crippen molar-refractivity contribution in [2.45, 2.75) is 26.3 Å². The molecule has 0 spiro atoms. The Morgan fingerprint density at radius 1 is 1.00 bits per heavy atom. The number of H-pyrrole nitrogens is 1. The third-order valence-electron chi connectivity index (χ3n) is 6.23. The molecule has 178 valence electrons. The van der Waals surface area contributed by atoms with Gasteiger partial charge in [-0.1, -0.05) is 37.3 Å². The SMILES string of the molecule is CCCOC(=O)c1cccc2c(C3=C(c4cn(CCCN)c5ccccc45)C(=O)NC3=O)c[nH]c12. The van der Waals surface area contributed by atoms with E-state index in [4.69, 9.17) is 10.5 Å². The van der Waals surface area contributed by atoms with Crippen LogP contribution in [0.4, 0.5) is 0 Å². The third kappa shape index (κ3) is 3.81. The lowest BCUT2D eigenvalue weighted by molar-refractivity contribution is -0.122. The van der Waals surface area contributed by atoms with Crippen LogP contribution in [-0.4, -0.2) is 40.5 Å². The van der Waals surface area contributed by atoms with E-state index in [0.29, 0.717) is 52.9 Å². The van der Waals surface area contributed by atoms with Gasteiger partial charge in [0.25, 0.3) is 11.8 Å². The summed E-state index contributed by atoms with van der Waals surface area (Å²) in [6.07, 6.45) is 5.09. The minimum atomic E-state index is -0.469. The van der Waals surface area contributed by atoms with E-state index in [1.54, 1.807) is 18.3 Å². The number of para-hydroxylation sites is 2. The van der Waals surface area contributed by atoms with Gasteiger partial charge in [-0.05, 0) is 31.5 Å². The number of benzene rings is 2. The number of fused-ring (bicyclic) bond motifs is 2. The van der Waals surface area contributed by atoms with Crippen molar-refractivity contribution >= 4 is 50.7 Å². The summed E-state index contributed by atoms with van der Waals surface area (Å²) in [6, 6.07) is 13.0. The minimum absolute atomic E-state index is 0.280. The molecule has 0 fully saturated rings. The maximum atomic E-state index is 13.1. The molecule has 0 bridgehead atoms. The van der Waals surface area contributed by atoms with Crippen molar-refractivity contribution in [3.8, 4) is 0 Å². The number of nitrogens with one attached hydrogen (secondary N) is 2. The minimum Gasteiger partial charge on any atom is -0.462 e. The van der Waals surface area contributed by atoms with E-state index in [2.05, 4.69) is 14.9 Å². The van der Waals surface area contributed by atoms with Crippen LogP contribution in [0.25, 0.3) is 33.0 Å². The number of carbonyl (C=O) groups excluding carboxylic acids is 3. The highest BCUT2D eigenvalue weighted by molar-refractivity contribution is 6.50. The zero-order valence-corrected chi connectivity index (χ0v) is 19.4. The third-order valence-corrected chi connectivity index (χ3v) is 6.23. The first-order valence-corrected chi connectivity index (χ1v) is 11.7. The fourth-order valence-electron chi connectivity index (χ4n) is 4.67. The van der Waals surface area contributed by atoms with Crippen LogP contribution >= 0.6 is 0 Å². The molecule has 2 amide bonds. The number of amides is 2. The molecular formula is C27H26N4O4. The van der Waals surface area contributed by atoms with Crippen LogP contribution in [0.2, 0.25) is 0 Å². The van der Waals surface area contributed by atoms with Gasteiger partial charge in [0.1, 0.15) is 0 Å². The quantitative estimate of drug-likeness (QED) is 0.269. The summed E-state index contributed by atoms with van der Waals surface area (Å²) >= 11 is 0. The van der Waals surface area contributed by atoms with Gasteiger partial charge in [-0.2, -0.15) is 0 Å². The predicted octanol–water partition coefficient (Wildman–Crippen LogP) is 3.61. The number of aromatic amines is 1. The first kappa shape index (κ1) is 22.6. The molecule has 0 saturated carbocycles. The number of nitrogens with two attached hydrogens (primary N) is 1. The Morgan fingerprint density at radius 2 is 1.74 bits per heavy atom. The van der Waals surface area contributed by atoms with Crippen molar-refractivity contribution in [1.82, 2.24) is 14.9 Å². The number of imide groups is 1. The monoisotopic (exact) mass is 470 g/mol. The van der Waals surface area contributed by atoms with Crippen LogP contribution in [0.5, 0.6) is 0 Å². The second-order valence-electron chi connectivity index (χ2n) is 8.50. The molecule has 8 nitrogen and oxygen atoms in total. The first-order chi connectivity index (χ1) is 17.0. The van der Waals surface area contributed by atoms with E-state index in [1.165, 1.54) is 0 Å². The lowest BCUT2D eigenvalue weighted by Gasteiger charge is -2.06. The van der Waals surface area contributed by atoms with Gasteiger partial charge in [-0.25, -0.2) is 4.79 Å². The van der Waals surface area contributed by atoms with E-state index in [9.17, 15) is 14.4 Å². The lowest BCUT2D eigenvalue weighted by Crippen LogP contribution is -2.22. The van der Waals surface area contributed by atoms with Gasteiger partial charge >= 0.3 is 5.97 Å². The number of hydrogen-bond acceptors (Lipinski definition) is 5. The highest BCUT2D eigenvalue weighted by Crippen LogP contribution is 2.38. The van der Waals surface area contributed by atoms with Gasteiger partial charge in [0, 0.05) is 46.4 Å². The highest BCUT2D eigenvalue weighted by Gasteiger charge is 2.35. The summed E-state index contributed by atoms with van der Waals surface area (Å²) in [5.41, 5.74) is 9.47. The Morgan fingerprint density at radius 3 is 2.51 bits per heavy atom. The van der Waals surface area contributed by atoms with E-state index in [0.717, 1.165) is 23.7 Å². The van der Waals surface area contributed by atoms with Crippen molar-refractivity contribution in [1.29, 1.82) is 0 Å². The molecule has 1 aliphatic heterocycles. The molecule has 1 aliphatic rings. The summed E-state index contributed by atoms with van der Waals surface area (Å²) in [7, 11) is 0. The number of rotatable bonds is 8. The van der Waals surface area contributed by atoms with Gasteiger partial charge in [-0.15, -0.1) is 0 Å². The van der Waals surface area contributed by atoms with Crippen LogP contribution in [-0.2, 0) is 20.9 Å². The van der Waals surface area contributed by atoms with Crippen LogP contribution in [0.1, 0.15) is 41.3 Å². The number of hydrogen-bond donors (Lipinski definition) is 3. The van der Waals surface area contributed by atoms with E-state index in [-0.39, 0.29) is 5.57 Å². The Bertz CT molecular complexity index is 1510. The molecule has 4 N–H and O–H groups in total. The molecule has 0 radical (unpaired) electrons. The molecule has 0 aliphatic carbocycles. The van der Waals surface area contributed by atoms with Crippen molar-refractivity contribution in [3.05, 3.63) is 71.5 Å². The first-order valence-electron chi connectivity index (χ1n) is 11.7. The summed E-state index contributed by atoms with van der Waals surface area (Å²) in [6.45, 7) is 3.50. The average molecular weight is 471 g/mol. The Balaban J connectivity index is 1.70. The number of ether oxygens (including phenoxy) is 1. The lowest BCUT2D eigenvalue weighted by atomic mass is 9.95. The summed E-state index contributed by atoms with van der Waals surface area (Å²) in [5.74, 6) is -1.35. The Labute approximate surface area is 201 Å². The fraction of sp³-hybridized carbons (Fsp3) is 0.222. The molecule has 35 heavy (non-hydrogen) atoms. The molecular weight excluding hydrogens is 444 g/mol. The summed E-state index contributed by atoms with van der Waals surface area (Å²) in [4.78, 5) is 41.9. The molecule has 8 heteroatoms.